The normalized spacial score (nSPS) is 17.7. The first-order valence-electron chi connectivity index (χ1n) is 10.5. The molecule has 1 aliphatic rings. The Bertz CT molecular complexity index is 1070. The lowest BCUT2D eigenvalue weighted by Crippen LogP contribution is -2.49. The third-order valence-electron chi connectivity index (χ3n) is 4.70. The van der Waals surface area contributed by atoms with Gasteiger partial charge < -0.3 is 25.4 Å². The second-order valence-electron chi connectivity index (χ2n) is 8.52. The summed E-state index contributed by atoms with van der Waals surface area (Å²) in [7, 11) is 0. The van der Waals surface area contributed by atoms with Gasteiger partial charge in [0.2, 0.25) is 5.91 Å². The van der Waals surface area contributed by atoms with E-state index in [-0.39, 0.29) is 17.8 Å². The quantitative estimate of drug-likeness (QED) is 0.530. The van der Waals surface area contributed by atoms with Crippen LogP contribution in [0.15, 0.2) is 48.8 Å². The number of aromatic nitrogens is 1. The second-order valence-corrected chi connectivity index (χ2v) is 9.63. The number of carboxylic acids is 1. The summed E-state index contributed by atoms with van der Waals surface area (Å²) in [5.41, 5.74) is 0.316. The zero-order chi connectivity index (χ0) is 24.9. The summed E-state index contributed by atoms with van der Waals surface area (Å²) < 4.78 is 5.51. The summed E-state index contributed by atoms with van der Waals surface area (Å²) >= 11 is 1.42. The molecule has 1 aromatic carbocycles. The van der Waals surface area contributed by atoms with Crippen LogP contribution in [-0.4, -0.2) is 62.8 Å². The van der Waals surface area contributed by atoms with Gasteiger partial charge >= 0.3 is 18.0 Å². The number of pyridine rings is 1. The standard InChI is InChI=1S/C23H26N4O6S/c1-23(2,3)33-21(31)17-13-34-19(15-7-5-9-24-11-15)27(17)18(28)12-25-22(32)26-16-8-4-6-14(10-16)20(29)30/h4-11,17,19H,12-13H2,1-3H3,(H,29,30)(H2,25,26,32). The molecule has 2 aromatic rings. The molecular formula is C23H26N4O6S. The largest absolute Gasteiger partial charge is 0.478 e. The molecule has 0 saturated carbocycles. The van der Waals surface area contributed by atoms with Crippen LogP contribution in [0.1, 0.15) is 42.1 Å². The number of aromatic carboxylic acids is 1. The van der Waals surface area contributed by atoms with Crippen molar-refractivity contribution in [3.05, 3.63) is 59.9 Å². The number of anilines is 1. The number of hydrogen-bond donors (Lipinski definition) is 3. The van der Waals surface area contributed by atoms with Crippen LogP contribution in [0.4, 0.5) is 10.5 Å². The molecule has 3 amide bonds. The molecule has 0 aliphatic carbocycles. The lowest BCUT2D eigenvalue weighted by Gasteiger charge is -2.30. The molecule has 3 rings (SSSR count). The van der Waals surface area contributed by atoms with Gasteiger partial charge in [0.15, 0.2) is 0 Å². The number of benzene rings is 1. The van der Waals surface area contributed by atoms with Gasteiger partial charge in [-0.15, -0.1) is 11.8 Å². The third-order valence-corrected chi connectivity index (χ3v) is 6.03. The lowest BCUT2D eigenvalue weighted by molar-refractivity contribution is -0.163. The highest BCUT2D eigenvalue weighted by molar-refractivity contribution is 7.99. The van der Waals surface area contributed by atoms with Gasteiger partial charge in [-0.05, 0) is 45.0 Å². The van der Waals surface area contributed by atoms with Crippen LogP contribution in [0.5, 0.6) is 0 Å². The molecule has 10 nitrogen and oxygen atoms in total. The molecule has 34 heavy (non-hydrogen) atoms. The number of carbonyl (C=O) groups is 4. The maximum atomic E-state index is 13.2. The van der Waals surface area contributed by atoms with Gasteiger partial charge in [0, 0.05) is 29.4 Å². The van der Waals surface area contributed by atoms with E-state index in [2.05, 4.69) is 15.6 Å². The van der Waals surface area contributed by atoms with Gasteiger partial charge in [-0.2, -0.15) is 0 Å². The predicted molar refractivity (Wildman–Crippen MR) is 126 cm³/mol. The number of ether oxygens (including phenoxy) is 1. The predicted octanol–water partition coefficient (Wildman–Crippen LogP) is 2.89. The third kappa shape index (κ3) is 6.47. The number of nitrogens with one attached hydrogen (secondary N) is 2. The molecule has 1 saturated heterocycles. The van der Waals surface area contributed by atoms with E-state index < -0.39 is 40.9 Å². The Hall–Kier alpha value is -3.60. The number of esters is 1. The molecule has 2 unspecified atom stereocenters. The molecule has 1 aromatic heterocycles. The van der Waals surface area contributed by atoms with Crippen LogP contribution < -0.4 is 10.6 Å². The van der Waals surface area contributed by atoms with E-state index in [1.54, 1.807) is 39.2 Å². The zero-order valence-electron chi connectivity index (χ0n) is 19.0. The Morgan fingerprint density at radius 3 is 2.62 bits per heavy atom. The molecule has 0 bridgehead atoms. The molecule has 0 spiro atoms. The van der Waals surface area contributed by atoms with E-state index in [1.807, 2.05) is 6.07 Å². The summed E-state index contributed by atoms with van der Waals surface area (Å²) in [6.45, 7) is 4.88. The molecule has 11 heteroatoms. The Kier molecular flexibility index (Phi) is 7.77. The minimum atomic E-state index is -1.12. The number of rotatable bonds is 6. The number of carboxylic acid groups (broad SMARTS) is 1. The van der Waals surface area contributed by atoms with E-state index in [1.165, 1.54) is 40.9 Å². The van der Waals surface area contributed by atoms with Crippen LogP contribution >= 0.6 is 11.8 Å². The molecule has 2 heterocycles. The Balaban J connectivity index is 1.71. The van der Waals surface area contributed by atoms with E-state index in [4.69, 9.17) is 9.84 Å². The van der Waals surface area contributed by atoms with E-state index >= 15 is 0 Å². The number of thioether (sulfide) groups is 1. The summed E-state index contributed by atoms with van der Waals surface area (Å²) in [5.74, 6) is -1.77. The fourth-order valence-corrected chi connectivity index (χ4v) is 4.71. The summed E-state index contributed by atoms with van der Waals surface area (Å²) in [6.07, 6.45) is 3.25. The van der Waals surface area contributed by atoms with Crippen molar-refractivity contribution < 1.29 is 29.0 Å². The average Bonchev–Trinajstić information content (AvgIpc) is 3.23. The molecule has 3 N–H and O–H groups in total. The van der Waals surface area contributed by atoms with Crippen molar-refractivity contribution in [1.82, 2.24) is 15.2 Å². The molecule has 1 fully saturated rings. The lowest BCUT2D eigenvalue weighted by atomic mass is 10.1. The van der Waals surface area contributed by atoms with E-state index in [0.717, 1.165) is 5.56 Å². The Morgan fingerprint density at radius 2 is 1.97 bits per heavy atom. The van der Waals surface area contributed by atoms with Gasteiger partial charge in [0.1, 0.15) is 17.0 Å². The van der Waals surface area contributed by atoms with Crippen molar-refractivity contribution >= 4 is 41.3 Å². The highest BCUT2D eigenvalue weighted by Crippen LogP contribution is 2.41. The Labute approximate surface area is 201 Å². The van der Waals surface area contributed by atoms with Crippen molar-refractivity contribution in [2.75, 3.05) is 17.6 Å². The maximum absolute atomic E-state index is 13.2. The molecule has 180 valence electrons. The highest BCUT2D eigenvalue weighted by Gasteiger charge is 2.44. The smallest absolute Gasteiger partial charge is 0.335 e. The second kappa shape index (κ2) is 10.6. The topological polar surface area (TPSA) is 138 Å². The van der Waals surface area contributed by atoms with Crippen molar-refractivity contribution in [3.8, 4) is 0 Å². The van der Waals surface area contributed by atoms with Crippen LogP contribution in [0.3, 0.4) is 0 Å². The highest BCUT2D eigenvalue weighted by atomic mass is 32.2. The molecule has 2 atom stereocenters. The number of nitrogens with zero attached hydrogens (tertiary/aromatic N) is 2. The fraction of sp³-hybridized carbons (Fsp3) is 0.348. The summed E-state index contributed by atoms with van der Waals surface area (Å²) in [6, 6.07) is 7.78. The number of carbonyl (C=O) groups excluding carboxylic acids is 3. The fourth-order valence-electron chi connectivity index (χ4n) is 3.29. The van der Waals surface area contributed by atoms with Crippen LogP contribution in [0, 0.1) is 0 Å². The Morgan fingerprint density at radius 1 is 1.21 bits per heavy atom. The van der Waals surface area contributed by atoms with Crippen molar-refractivity contribution in [3.63, 3.8) is 0 Å². The van der Waals surface area contributed by atoms with E-state index in [0.29, 0.717) is 5.75 Å². The van der Waals surface area contributed by atoms with E-state index in [9.17, 15) is 19.2 Å². The first-order chi connectivity index (χ1) is 16.0. The average molecular weight is 487 g/mol. The zero-order valence-corrected chi connectivity index (χ0v) is 19.8. The van der Waals surface area contributed by atoms with Crippen LogP contribution in [0.25, 0.3) is 0 Å². The monoisotopic (exact) mass is 486 g/mol. The molecular weight excluding hydrogens is 460 g/mol. The van der Waals surface area contributed by atoms with Crippen LogP contribution in [-0.2, 0) is 14.3 Å². The number of urea groups is 1. The maximum Gasteiger partial charge on any atom is 0.335 e. The van der Waals surface area contributed by atoms with Gasteiger partial charge in [-0.1, -0.05) is 12.1 Å². The summed E-state index contributed by atoms with van der Waals surface area (Å²) in [4.78, 5) is 54.9. The molecule has 0 radical (unpaired) electrons. The van der Waals surface area contributed by atoms with Crippen molar-refractivity contribution in [1.29, 1.82) is 0 Å². The first kappa shape index (κ1) is 25.0. The number of amides is 3. The first-order valence-corrected chi connectivity index (χ1v) is 11.5. The minimum absolute atomic E-state index is 0.0162. The van der Waals surface area contributed by atoms with Gasteiger partial charge in [-0.25, -0.2) is 14.4 Å². The van der Waals surface area contributed by atoms with Crippen molar-refractivity contribution in [2.24, 2.45) is 0 Å². The van der Waals surface area contributed by atoms with Gasteiger partial charge in [0.25, 0.3) is 0 Å². The van der Waals surface area contributed by atoms with Gasteiger partial charge in [0.05, 0.1) is 12.1 Å². The summed E-state index contributed by atoms with van der Waals surface area (Å²) in [5, 5.41) is 13.6. The minimum Gasteiger partial charge on any atom is -0.478 e. The van der Waals surface area contributed by atoms with Crippen molar-refractivity contribution in [2.45, 2.75) is 37.8 Å². The number of hydrogen-bond acceptors (Lipinski definition) is 7. The SMILES string of the molecule is CC(C)(C)OC(=O)C1CSC(c2cccnc2)N1C(=O)CNC(=O)Nc1cccc(C(=O)O)c1. The van der Waals surface area contributed by atoms with Crippen LogP contribution in [0.2, 0.25) is 0 Å². The molecule has 1 aliphatic heterocycles. The van der Waals surface area contributed by atoms with Gasteiger partial charge in [-0.3, -0.25) is 9.78 Å².